The largest absolute Gasteiger partial charge is 0.342 e. The highest BCUT2D eigenvalue weighted by Crippen LogP contribution is 2.24. The molecule has 0 radical (unpaired) electrons. The summed E-state index contributed by atoms with van der Waals surface area (Å²) in [5.74, 6) is 0.366. The molecule has 4 rings (SSSR count). The fourth-order valence-corrected chi connectivity index (χ4v) is 4.03. The molecule has 1 aromatic carbocycles. The Bertz CT molecular complexity index is 821. The van der Waals surface area contributed by atoms with Crippen LogP contribution in [0.5, 0.6) is 0 Å². The van der Waals surface area contributed by atoms with Gasteiger partial charge in [0.25, 0.3) is 5.91 Å². The summed E-state index contributed by atoms with van der Waals surface area (Å²) >= 11 is 0. The normalized spacial score (nSPS) is 18.1. The SMILES string of the molecule is Cc1cc(C(=O)N2CCC(C(=O)N3CCCC3)CC2)ccc1-n1cnnn1. The molecule has 27 heavy (non-hydrogen) atoms. The second-order valence-corrected chi connectivity index (χ2v) is 7.35. The molecule has 2 aliphatic rings. The summed E-state index contributed by atoms with van der Waals surface area (Å²) in [6.07, 6.45) is 5.27. The summed E-state index contributed by atoms with van der Waals surface area (Å²) in [5, 5.41) is 11.2. The maximum absolute atomic E-state index is 12.9. The van der Waals surface area contributed by atoms with Crippen molar-refractivity contribution in [2.24, 2.45) is 5.92 Å². The number of nitrogens with zero attached hydrogens (tertiary/aromatic N) is 6. The van der Waals surface area contributed by atoms with Crippen LogP contribution in [0.3, 0.4) is 0 Å². The van der Waals surface area contributed by atoms with Crippen LogP contribution in [0.25, 0.3) is 5.69 Å². The van der Waals surface area contributed by atoms with Gasteiger partial charge in [-0.25, -0.2) is 4.68 Å². The molecule has 3 heterocycles. The molecule has 2 amide bonds. The van der Waals surface area contributed by atoms with Crippen molar-refractivity contribution < 1.29 is 9.59 Å². The van der Waals surface area contributed by atoms with Crippen molar-refractivity contribution in [2.45, 2.75) is 32.6 Å². The number of likely N-dealkylation sites (tertiary alicyclic amines) is 2. The van der Waals surface area contributed by atoms with Crippen molar-refractivity contribution in [1.29, 1.82) is 0 Å². The van der Waals surface area contributed by atoms with Gasteiger partial charge in [-0.3, -0.25) is 9.59 Å². The first-order valence-corrected chi connectivity index (χ1v) is 9.55. The smallest absolute Gasteiger partial charge is 0.253 e. The van der Waals surface area contributed by atoms with Gasteiger partial charge in [-0.2, -0.15) is 0 Å². The number of aromatic nitrogens is 4. The Balaban J connectivity index is 1.39. The van der Waals surface area contributed by atoms with Gasteiger partial charge in [-0.05, 0) is 66.8 Å². The molecule has 0 atom stereocenters. The zero-order chi connectivity index (χ0) is 18.8. The van der Waals surface area contributed by atoms with Crippen molar-refractivity contribution >= 4 is 11.8 Å². The van der Waals surface area contributed by atoms with Crippen molar-refractivity contribution in [3.63, 3.8) is 0 Å². The predicted octanol–water partition coefficient (Wildman–Crippen LogP) is 1.45. The van der Waals surface area contributed by atoms with Gasteiger partial charge < -0.3 is 9.80 Å². The topological polar surface area (TPSA) is 84.2 Å². The molecule has 0 N–H and O–H groups in total. The minimum Gasteiger partial charge on any atom is -0.342 e. The van der Waals surface area contributed by atoms with Crippen LogP contribution in [-0.4, -0.2) is 68.0 Å². The second-order valence-electron chi connectivity index (χ2n) is 7.35. The number of piperidine rings is 1. The van der Waals surface area contributed by atoms with Crippen molar-refractivity contribution in [1.82, 2.24) is 30.0 Å². The van der Waals surface area contributed by atoms with E-state index in [1.54, 1.807) is 4.68 Å². The average Bonchev–Trinajstić information content (AvgIpc) is 3.41. The maximum atomic E-state index is 12.9. The third-order valence-electron chi connectivity index (χ3n) is 5.59. The molecule has 0 spiro atoms. The van der Waals surface area contributed by atoms with Gasteiger partial charge in [0.15, 0.2) is 0 Å². The van der Waals surface area contributed by atoms with Gasteiger partial charge in [0.05, 0.1) is 5.69 Å². The summed E-state index contributed by atoms with van der Waals surface area (Å²) in [4.78, 5) is 29.3. The predicted molar refractivity (Wildman–Crippen MR) is 98.3 cm³/mol. The average molecular weight is 368 g/mol. The minimum absolute atomic E-state index is 0.0217. The van der Waals surface area contributed by atoms with Gasteiger partial charge >= 0.3 is 0 Å². The van der Waals surface area contributed by atoms with Crippen LogP contribution >= 0.6 is 0 Å². The summed E-state index contributed by atoms with van der Waals surface area (Å²) in [5.41, 5.74) is 2.45. The van der Waals surface area contributed by atoms with Crippen LogP contribution in [0.2, 0.25) is 0 Å². The van der Waals surface area contributed by atoms with E-state index in [1.165, 1.54) is 6.33 Å². The van der Waals surface area contributed by atoms with Gasteiger partial charge in [0.2, 0.25) is 5.91 Å². The van der Waals surface area contributed by atoms with Gasteiger partial charge in [0, 0.05) is 37.7 Å². The lowest BCUT2D eigenvalue weighted by Gasteiger charge is -2.33. The van der Waals surface area contributed by atoms with Crippen LogP contribution < -0.4 is 0 Å². The van der Waals surface area contributed by atoms with E-state index in [0.717, 1.165) is 50.0 Å². The minimum atomic E-state index is 0.0217. The molecule has 142 valence electrons. The van der Waals surface area contributed by atoms with Crippen LogP contribution in [0.15, 0.2) is 24.5 Å². The van der Waals surface area contributed by atoms with Crippen molar-refractivity contribution in [3.05, 3.63) is 35.7 Å². The van der Waals surface area contributed by atoms with E-state index in [1.807, 2.05) is 34.9 Å². The molecular formula is C19H24N6O2. The van der Waals surface area contributed by atoms with E-state index >= 15 is 0 Å². The summed E-state index contributed by atoms with van der Waals surface area (Å²) < 4.78 is 1.58. The fraction of sp³-hybridized carbons (Fsp3) is 0.526. The lowest BCUT2D eigenvalue weighted by atomic mass is 9.94. The zero-order valence-electron chi connectivity index (χ0n) is 15.5. The summed E-state index contributed by atoms with van der Waals surface area (Å²) in [6, 6.07) is 5.55. The maximum Gasteiger partial charge on any atom is 0.253 e. The van der Waals surface area contributed by atoms with Crippen LogP contribution in [0.4, 0.5) is 0 Å². The standard InChI is InChI=1S/C19H24N6O2/c1-14-12-16(4-5-17(14)25-13-20-21-22-25)19(27)24-10-6-15(7-11-24)18(26)23-8-2-3-9-23/h4-5,12-13,15H,2-3,6-11H2,1H3. The molecule has 0 unspecified atom stereocenters. The van der Waals surface area contributed by atoms with E-state index in [0.29, 0.717) is 18.7 Å². The zero-order valence-corrected chi connectivity index (χ0v) is 15.5. The Morgan fingerprint density at radius 3 is 2.41 bits per heavy atom. The van der Waals surface area contributed by atoms with Gasteiger partial charge in [0.1, 0.15) is 6.33 Å². The van der Waals surface area contributed by atoms with E-state index in [4.69, 9.17) is 0 Å². The number of amides is 2. The molecule has 8 nitrogen and oxygen atoms in total. The Labute approximate surface area is 158 Å². The molecular weight excluding hydrogens is 344 g/mol. The lowest BCUT2D eigenvalue weighted by molar-refractivity contribution is -0.135. The third kappa shape index (κ3) is 3.56. The number of rotatable bonds is 3. The highest BCUT2D eigenvalue weighted by Gasteiger charge is 2.31. The molecule has 1 aromatic heterocycles. The Hall–Kier alpha value is -2.77. The molecule has 2 fully saturated rings. The molecule has 2 saturated heterocycles. The molecule has 2 aromatic rings. The Morgan fingerprint density at radius 1 is 1.04 bits per heavy atom. The Kier molecular flexibility index (Phi) is 4.87. The monoisotopic (exact) mass is 368 g/mol. The molecule has 0 bridgehead atoms. The van der Waals surface area contributed by atoms with Crippen molar-refractivity contribution in [2.75, 3.05) is 26.2 Å². The summed E-state index contributed by atoms with van der Waals surface area (Å²) in [7, 11) is 0. The highest BCUT2D eigenvalue weighted by atomic mass is 16.2. The first-order valence-electron chi connectivity index (χ1n) is 9.55. The first kappa shape index (κ1) is 17.6. The number of aryl methyl sites for hydroxylation is 1. The van der Waals surface area contributed by atoms with E-state index in [9.17, 15) is 9.59 Å². The number of carbonyl (C=O) groups is 2. The molecule has 8 heteroatoms. The Morgan fingerprint density at radius 2 is 1.78 bits per heavy atom. The number of hydrogen-bond donors (Lipinski definition) is 0. The van der Waals surface area contributed by atoms with Crippen molar-refractivity contribution in [3.8, 4) is 5.69 Å². The number of hydrogen-bond acceptors (Lipinski definition) is 5. The molecule has 2 aliphatic heterocycles. The number of benzene rings is 1. The fourth-order valence-electron chi connectivity index (χ4n) is 4.03. The van der Waals surface area contributed by atoms with Crippen LogP contribution in [0, 0.1) is 12.8 Å². The lowest BCUT2D eigenvalue weighted by Crippen LogP contribution is -2.43. The highest BCUT2D eigenvalue weighted by molar-refractivity contribution is 5.95. The van der Waals surface area contributed by atoms with E-state index in [2.05, 4.69) is 15.5 Å². The first-order chi connectivity index (χ1) is 13.1. The molecule has 0 aliphatic carbocycles. The van der Waals surface area contributed by atoms with E-state index in [-0.39, 0.29) is 17.7 Å². The van der Waals surface area contributed by atoms with Crippen LogP contribution in [0.1, 0.15) is 41.6 Å². The summed E-state index contributed by atoms with van der Waals surface area (Å²) in [6.45, 7) is 5.00. The quantitative estimate of drug-likeness (QED) is 0.819. The number of tetrazole rings is 1. The third-order valence-corrected chi connectivity index (χ3v) is 5.59. The number of carbonyl (C=O) groups excluding carboxylic acids is 2. The van der Waals surface area contributed by atoms with Gasteiger partial charge in [-0.1, -0.05) is 0 Å². The van der Waals surface area contributed by atoms with Gasteiger partial charge in [-0.15, -0.1) is 5.10 Å². The molecule has 0 saturated carbocycles. The van der Waals surface area contributed by atoms with Crippen LogP contribution in [-0.2, 0) is 4.79 Å². The van der Waals surface area contributed by atoms with E-state index < -0.39 is 0 Å². The second kappa shape index (κ2) is 7.46.